The third kappa shape index (κ3) is 5.16. The van der Waals surface area contributed by atoms with Gasteiger partial charge in [-0.3, -0.25) is 0 Å². The largest absolute Gasteiger partial charge is 0.481 e. The summed E-state index contributed by atoms with van der Waals surface area (Å²) in [7, 11) is 1.44. The second-order valence-electron chi connectivity index (χ2n) is 6.75. The van der Waals surface area contributed by atoms with Gasteiger partial charge in [0, 0.05) is 22.8 Å². The molecule has 164 valence electrons. The van der Waals surface area contributed by atoms with Crippen molar-refractivity contribution in [2.45, 2.75) is 19.1 Å². The Hall–Kier alpha value is -3.07. The molecule has 1 atom stereocenters. The van der Waals surface area contributed by atoms with E-state index in [0.717, 1.165) is 12.1 Å². The smallest absolute Gasteiger partial charge is 0.406 e. The van der Waals surface area contributed by atoms with Gasteiger partial charge in [0.1, 0.15) is 12.4 Å². The zero-order valence-corrected chi connectivity index (χ0v) is 17.3. The van der Waals surface area contributed by atoms with Crippen LogP contribution in [-0.2, 0) is 0 Å². The first-order valence-electron chi connectivity index (χ1n) is 9.11. The third-order valence-corrected chi connectivity index (χ3v) is 4.97. The van der Waals surface area contributed by atoms with Gasteiger partial charge < -0.3 is 15.0 Å². The minimum Gasteiger partial charge on any atom is -0.481 e. The Kier molecular flexibility index (Phi) is 6.54. The van der Waals surface area contributed by atoms with Crippen LogP contribution in [0.5, 0.6) is 5.88 Å². The number of hydrogen-bond acceptors (Lipinski definition) is 3. The minimum absolute atomic E-state index is 0.0634. The molecule has 0 radical (unpaired) electrons. The standard InChI is InChI=1S/C21H18ClF4N3O2/c1-12(16-10-27-19(31-2)15-6-4-3-5-14(15)16)29(11-21(24,25)26)20(30)28-13-7-8-18(23)17(22)9-13/h3-10,12H,11H2,1-2H3,(H,28,30)/t12-/m0/s1. The minimum atomic E-state index is -4.65. The Morgan fingerprint density at radius 2 is 1.90 bits per heavy atom. The van der Waals surface area contributed by atoms with Crippen LogP contribution in [0.25, 0.3) is 10.8 Å². The molecule has 2 amide bonds. The topological polar surface area (TPSA) is 54.5 Å². The number of urea groups is 1. The number of anilines is 1. The molecule has 1 heterocycles. The van der Waals surface area contributed by atoms with Crippen LogP contribution in [0.15, 0.2) is 48.7 Å². The van der Waals surface area contributed by atoms with Gasteiger partial charge in [-0.05, 0) is 36.6 Å². The summed E-state index contributed by atoms with van der Waals surface area (Å²) in [5.74, 6) is -0.393. The first kappa shape index (κ1) is 22.6. The van der Waals surface area contributed by atoms with E-state index in [9.17, 15) is 22.4 Å². The number of ether oxygens (including phenoxy) is 1. The second-order valence-corrected chi connectivity index (χ2v) is 7.15. The maximum Gasteiger partial charge on any atom is 0.406 e. The summed E-state index contributed by atoms with van der Waals surface area (Å²) in [6.07, 6.45) is -3.26. The molecule has 0 saturated carbocycles. The van der Waals surface area contributed by atoms with Crippen LogP contribution in [-0.4, -0.2) is 35.7 Å². The molecule has 5 nitrogen and oxygen atoms in total. The van der Waals surface area contributed by atoms with Gasteiger partial charge in [-0.2, -0.15) is 13.2 Å². The summed E-state index contributed by atoms with van der Waals surface area (Å²) in [4.78, 5) is 17.6. The van der Waals surface area contributed by atoms with Gasteiger partial charge in [0.25, 0.3) is 0 Å². The Morgan fingerprint density at radius 3 is 2.52 bits per heavy atom. The molecular weight excluding hydrogens is 438 g/mol. The number of carbonyl (C=O) groups is 1. The molecule has 0 saturated heterocycles. The van der Waals surface area contributed by atoms with E-state index < -0.39 is 30.6 Å². The number of carbonyl (C=O) groups excluding carboxylic acids is 1. The van der Waals surface area contributed by atoms with Crippen LogP contribution in [0, 0.1) is 5.82 Å². The number of benzene rings is 2. The Morgan fingerprint density at radius 1 is 1.23 bits per heavy atom. The van der Waals surface area contributed by atoms with Crippen molar-refractivity contribution in [3.05, 3.63) is 65.1 Å². The quantitative estimate of drug-likeness (QED) is 0.466. The zero-order valence-electron chi connectivity index (χ0n) is 16.5. The number of fused-ring (bicyclic) bond motifs is 1. The molecular formula is C21H18ClF4N3O2. The predicted molar refractivity (Wildman–Crippen MR) is 110 cm³/mol. The van der Waals surface area contributed by atoms with Crippen LogP contribution in [0.3, 0.4) is 0 Å². The van der Waals surface area contributed by atoms with Gasteiger partial charge in [0.2, 0.25) is 5.88 Å². The number of alkyl halides is 3. The maximum atomic E-state index is 13.4. The fourth-order valence-corrected chi connectivity index (χ4v) is 3.38. The van der Waals surface area contributed by atoms with E-state index in [2.05, 4.69) is 10.3 Å². The van der Waals surface area contributed by atoms with E-state index in [1.165, 1.54) is 26.3 Å². The summed E-state index contributed by atoms with van der Waals surface area (Å²) < 4.78 is 58.5. The van der Waals surface area contributed by atoms with Crippen molar-refractivity contribution < 1.29 is 27.1 Å². The molecule has 1 aromatic heterocycles. The molecule has 3 rings (SSSR count). The Balaban J connectivity index is 1.99. The van der Waals surface area contributed by atoms with E-state index in [-0.39, 0.29) is 10.7 Å². The molecule has 2 aromatic carbocycles. The van der Waals surface area contributed by atoms with Gasteiger partial charge >= 0.3 is 12.2 Å². The monoisotopic (exact) mass is 455 g/mol. The highest BCUT2D eigenvalue weighted by atomic mass is 35.5. The lowest BCUT2D eigenvalue weighted by Gasteiger charge is -2.31. The lowest BCUT2D eigenvalue weighted by Crippen LogP contribution is -2.43. The number of pyridine rings is 1. The Labute approximate surface area is 180 Å². The van der Waals surface area contributed by atoms with Crippen molar-refractivity contribution in [3.8, 4) is 5.88 Å². The number of rotatable bonds is 5. The third-order valence-electron chi connectivity index (χ3n) is 4.68. The molecule has 31 heavy (non-hydrogen) atoms. The average Bonchev–Trinajstić information content (AvgIpc) is 2.72. The molecule has 1 N–H and O–H groups in total. The first-order chi connectivity index (χ1) is 14.6. The normalized spacial score (nSPS) is 12.5. The highest BCUT2D eigenvalue weighted by Gasteiger charge is 2.36. The molecule has 0 fully saturated rings. The van der Waals surface area contributed by atoms with Gasteiger partial charge in [-0.15, -0.1) is 0 Å². The number of halogens is 5. The summed E-state index contributed by atoms with van der Waals surface area (Å²) >= 11 is 5.70. The van der Waals surface area contributed by atoms with E-state index >= 15 is 0 Å². The summed E-state index contributed by atoms with van der Waals surface area (Å²) in [5.41, 5.74) is 0.474. The molecule has 3 aromatic rings. The number of methoxy groups -OCH3 is 1. The van der Waals surface area contributed by atoms with Crippen molar-refractivity contribution in [1.82, 2.24) is 9.88 Å². The fraction of sp³-hybridized carbons (Fsp3) is 0.238. The molecule has 0 bridgehead atoms. The van der Waals surface area contributed by atoms with Gasteiger partial charge in [-0.1, -0.05) is 29.8 Å². The summed E-state index contributed by atoms with van der Waals surface area (Å²) in [5, 5.41) is 3.29. The summed E-state index contributed by atoms with van der Waals surface area (Å²) in [6, 6.07) is 8.24. The average molecular weight is 456 g/mol. The number of nitrogens with one attached hydrogen (secondary N) is 1. The summed E-state index contributed by atoms with van der Waals surface area (Å²) in [6.45, 7) is -0.0336. The molecule has 0 aliphatic heterocycles. The highest BCUT2D eigenvalue weighted by molar-refractivity contribution is 6.31. The van der Waals surface area contributed by atoms with Gasteiger partial charge in [0.05, 0.1) is 18.2 Å². The van der Waals surface area contributed by atoms with Crippen molar-refractivity contribution >= 4 is 34.1 Å². The fourth-order valence-electron chi connectivity index (χ4n) is 3.20. The lowest BCUT2D eigenvalue weighted by molar-refractivity contribution is -0.143. The van der Waals surface area contributed by atoms with E-state index in [1.54, 1.807) is 24.3 Å². The van der Waals surface area contributed by atoms with Crippen molar-refractivity contribution in [2.75, 3.05) is 19.0 Å². The molecule has 0 aliphatic rings. The van der Waals surface area contributed by atoms with Crippen LogP contribution in [0.2, 0.25) is 5.02 Å². The predicted octanol–water partition coefficient (Wildman–Crippen LogP) is 6.19. The molecule has 0 spiro atoms. The van der Waals surface area contributed by atoms with Crippen molar-refractivity contribution in [1.29, 1.82) is 0 Å². The second kappa shape index (κ2) is 8.97. The number of amides is 2. The maximum absolute atomic E-state index is 13.4. The zero-order chi connectivity index (χ0) is 22.8. The number of nitrogens with zero attached hydrogens (tertiary/aromatic N) is 2. The van der Waals surface area contributed by atoms with Crippen LogP contribution < -0.4 is 10.1 Å². The van der Waals surface area contributed by atoms with E-state index in [1.807, 2.05) is 0 Å². The van der Waals surface area contributed by atoms with E-state index in [0.29, 0.717) is 27.1 Å². The molecule has 10 heteroatoms. The SMILES string of the molecule is COc1ncc([C@H](C)N(CC(F)(F)F)C(=O)Nc2ccc(F)c(Cl)c2)c2ccccc12. The van der Waals surface area contributed by atoms with Gasteiger partial charge in [0.15, 0.2) is 0 Å². The van der Waals surface area contributed by atoms with Crippen LogP contribution in [0.1, 0.15) is 18.5 Å². The lowest BCUT2D eigenvalue weighted by atomic mass is 10.0. The first-order valence-corrected chi connectivity index (χ1v) is 9.49. The Bertz CT molecular complexity index is 1110. The molecule has 0 aliphatic carbocycles. The number of hydrogen-bond donors (Lipinski definition) is 1. The van der Waals surface area contributed by atoms with Gasteiger partial charge in [-0.25, -0.2) is 14.2 Å². The van der Waals surface area contributed by atoms with Crippen molar-refractivity contribution in [2.24, 2.45) is 0 Å². The van der Waals surface area contributed by atoms with E-state index in [4.69, 9.17) is 16.3 Å². The molecule has 0 unspecified atom stereocenters. The highest BCUT2D eigenvalue weighted by Crippen LogP contribution is 2.33. The van der Waals surface area contributed by atoms with Crippen molar-refractivity contribution in [3.63, 3.8) is 0 Å². The van der Waals surface area contributed by atoms with Crippen LogP contribution in [0.4, 0.5) is 28.0 Å². The van der Waals surface area contributed by atoms with Crippen LogP contribution >= 0.6 is 11.6 Å². The number of aromatic nitrogens is 1.